The molecule has 3 heterocycles. The summed E-state index contributed by atoms with van der Waals surface area (Å²) in [4.78, 5) is 40.0. The van der Waals surface area contributed by atoms with Crippen LogP contribution < -0.4 is 16.4 Å². The number of carbonyl (C=O) groups excluding carboxylic acids is 3. The predicted octanol–water partition coefficient (Wildman–Crippen LogP) is 1.64. The normalized spacial score (nSPS) is 11.1. The van der Waals surface area contributed by atoms with E-state index in [1.54, 1.807) is 71.6 Å². The number of amides is 2. The Labute approximate surface area is 199 Å². The Balaban J connectivity index is 1.63. The van der Waals surface area contributed by atoms with E-state index in [0.717, 1.165) is 18.5 Å². The SMILES string of the molecule is CN(C)CCCNC(=O)c1cc(NC(=O)c2cc(CC(=O)c3cc(N)cn3C)cn2C)cn1C. The van der Waals surface area contributed by atoms with Crippen molar-refractivity contribution >= 4 is 29.0 Å². The Hall–Kier alpha value is -3.79. The van der Waals surface area contributed by atoms with Gasteiger partial charge in [0.05, 0.1) is 17.1 Å². The van der Waals surface area contributed by atoms with Gasteiger partial charge < -0.3 is 35.0 Å². The smallest absolute Gasteiger partial charge is 0.272 e. The molecule has 2 amide bonds. The molecule has 10 heteroatoms. The molecule has 182 valence electrons. The van der Waals surface area contributed by atoms with Crippen LogP contribution in [-0.2, 0) is 27.6 Å². The fraction of sp³-hybridized carbons (Fsp3) is 0.375. The van der Waals surface area contributed by atoms with E-state index in [1.165, 1.54) is 0 Å². The highest BCUT2D eigenvalue weighted by Gasteiger charge is 2.18. The summed E-state index contributed by atoms with van der Waals surface area (Å²) in [6.07, 6.45) is 6.15. The van der Waals surface area contributed by atoms with E-state index in [1.807, 2.05) is 14.1 Å². The van der Waals surface area contributed by atoms with E-state index in [9.17, 15) is 14.4 Å². The van der Waals surface area contributed by atoms with Crippen molar-refractivity contribution in [3.8, 4) is 0 Å². The van der Waals surface area contributed by atoms with Gasteiger partial charge in [-0.3, -0.25) is 14.4 Å². The van der Waals surface area contributed by atoms with Crippen LogP contribution in [0.4, 0.5) is 11.4 Å². The zero-order valence-electron chi connectivity index (χ0n) is 20.4. The van der Waals surface area contributed by atoms with Crippen molar-refractivity contribution in [1.29, 1.82) is 0 Å². The van der Waals surface area contributed by atoms with Gasteiger partial charge in [0.1, 0.15) is 11.4 Å². The highest BCUT2D eigenvalue weighted by Crippen LogP contribution is 2.17. The van der Waals surface area contributed by atoms with Gasteiger partial charge in [0.15, 0.2) is 5.78 Å². The lowest BCUT2D eigenvalue weighted by atomic mass is 10.1. The minimum absolute atomic E-state index is 0.0824. The Morgan fingerprint density at radius 2 is 1.53 bits per heavy atom. The van der Waals surface area contributed by atoms with E-state index >= 15 is 0 Å². The average Bonchev–Trinajstić information content (AvgIpc) is 3.41. The van der Waals surface area contributed by atoms with E-state index in [-0.39, 0.29) is 24.0 Å². The summed E-state index contributed by atoms with van der Waals surface area (Å²) < 4.78 is 5.05. The fourth-order valence-corrected chi connectivity index (χ4v) is 3.84. The van der Waals surface area contributed by atoms with Crippen LogP contribution in [0.3, 0.4) is 0 Å². The number of aromatic nitrogens is 3. The van der Waals surface area contributed by atoms with Crippen LogP contribution in [0.1, 0.15) is 43.4 Å². The number of hydrogen-bond donors (Lipinski definition) is 3. The standard InChI is InChI=1S/C24H33N7O3/c1-28(2)8-6-7-26-23(33)21-12-18(15-31(21)5)27-24(34)20-9-16(13-29(20)3)10-22(32)19-11-17(25)14-30(19)4/h9,11-15H,6-8,10,25H2,1-5H3,(H,26,33)(H,27,34). The molecule has 0 atom stereocenters. The van der Waals surface area contributed by atoms with E-state index < -0.39 is 0 Å². The van der Waals surface area contributed by atoms with Gasteiger partial charge in [-0.25, -0.2) is 0 Å². The molecule has 0 saturated carbocycles. The van der Waals surface area contributed by atoms with Crippen molar-refractivity contribution in [3.05, 3.63) is 59.4 Å². The first-order valence-corrected chi connectivity index (χ1v) is 11.1. The van der Waals surface area contributed by atoms with Crippen molar-refractivity contribution in [2.45, 2.75) is 12.8 Å². The lowest BCUT2D eigenvalue weighted by molar-refractivity contribution is 0.0942. The van der Waals surface area contributed by atoms with Crippen LogP contribution in [0.5, 0.6) is 0 Å². The first-order valence-electron chi connectivity index (χ1n) is 11.1. The molecule has 0 bridgehead atoms. The largest absolute Gasteiger partial charge is 0.397 e. The summed E-state index contributed by atoms with van der Waals surface area (Å²) in [6.45, 7) is 1.46. The van der Waals surface area contributed by atoms with Crippen molar-refractivity contribution in [3.63, 3.8) is 0 Å². The molecule has 3 rings (SSSR count). The third kappa shape index (κ3) is 5.96. The molecule has 0 radical (unpaired) electrons. The van der Waals surface area contributed by atoms with Gasteiger partial charge in [-0.05, 0) is 50.8 Å². The third-order valence-electron chi connectivity index (χ3n) is 5.53. The molecule has 0 aromatic carbocycles. The van der Waals surface area contributed by atoms with Crippen LogP contribution in [0.15, 0.2) is 36.8 Å². The number of ketones is 1. The molecule has 3 aromatic heterocycles. The van der Waals surface area contributed by atoms with Crippen LogP contribution in [0.2, 0.25) is 0 Å². The number of anilines is 2. The maximum atomic E-state index is 12.9. The Morgan fingerprint density at radius 3 is 2.18 bits per heavy atom. The predicted molar refractivity (Wildman–Crippen MR) is 132 cm³/mol. The summed E-state index contributed by atoms with van der Waals surface area (Å²) in [5.41, 5.74) is 8.93. The number of Topliss-reactive ketones (excluding diaryl/α,β-unsaturated/α-hetero) is 1. The molecule has 0 unspecified atom stereocenters. The molecule has 34 heavy (non-hydrogen) atoms. The minimum Gasteiger partial charge on any atom is -0.397 e. The second-order valence-electron chi connectivity index (χ2n) is 8.81. The van der Waals surface area contributed by atoms with Gasteiger partial charge >= 0.3 is 0 Å². The molecule has 0 aliphatic carbocycles. The molecular formula is C24H33N7O3. The number of rotatable bonds is 10. The molecule has 10 nitrogen and oxygen atoms in total. The Morgan fingerprint density at radius 1 is 0.882 bits per heavy atom. The van der Waals surface area contributed by atoms with Crippen LogP contribution >= 0.6 is 0 Å². The highest BCUT2D eigenvalue weighted by atomic mass is 16.2. The van der Waals surface area contributed by atoms with E-state index in [0.29, 0.717) is 35.0 Å². The molecule has 0 saturated heterocycles. The molecule has 3 aromatic rings. The lowest BCUT2D eigenvalue weighted by Gasteiger charge is -2.10. The third-order valence-corrected chi connectivity index (χ3v) is 5.53. The van der Waals surface area contributed by atoms with Crippen LogP contribution in [0, 0.1) is 0 Å². The van der Waals surface area contributed by atoms with E-state index in [2.05, 4.69) is 15.5 Å². The molecule has 0 aliphatic rings. The number of nitrogens with zero attached hydrogens (tertiary/aromatic N) is 4. The van der Waals surface area contributed by atoms with Gasteiger partial charge in [-0.15, -0.1) is 0 Å². The van der Waals surface area contributed by atoms with Gasteiger partial charge in [0.25, 0.3) is 11.8 Å². The second kappa shape index (κ2) is 10.4. The zero-order valence-corrected chi connectivity index (χ0v) is 20.4. The number of carbonyl (C=O) groups is 3. The minimum atomic E-state index is -0.326. The Bertz CT molecular complexity index is 1200. The first kappa shape index (κ1) is 24.8. The van der Waals surface area contributed by atoms with Gasteiger partial charge in [-0.2, -0.15) is 0 Å². The van der Waals surface area contributed by atoms with E-state index in [4.69, 9.17) is 5.73 Å². The number of aryl methyl sites for hydroxylation is 3. The number of nitrogens with one attached hydrogen (secondary N) is 2. The summed E-state index contributed by atoms with van der Waals surface area (Å²) in [5, 5.41) is 5.73. The van der Waals surface area contributed by atoms with Gasteiger partial charge in [0, 0.05) is 52.7 Å². The van der Waals surface area contributed by atoms with Crippen LogP contribution in [-0.4, -0.2) is 63.4 Å². The fourth-order valence-electron chi connectivity index (χ4n) is 3.84. The molecule has 0 fully saturated rings. The topological polar surface area (TPSA) is 119 Å². The number of nitrogen functional groups attached to an aromatic ring is 1. The summed E-state index contributed by atoms with van der Waals surface area (Å²) in [5.74, 6) is -0.600. The molecule has 4 N–H and O–H groups in total. The quantitative estimate of drug-likeness (QED) is 0.309. The zero-order chi connectivity index (χ0) is 25.0. The average molecular weight is 468 g/mol. The van der Waals surface area contributed by atoms with Crippen molar-refractivity contribution < 1.29 is 14.4 Å². The molecular weight excluding hydrogens is 434 g/mol. The maximum Gasteiger partial charge on any atom is 0.272 e. The summed E-state index contributed by atoms with van der Waals surface area (Å²) in [7, 11) is 9.25. The van der Waals surface area contributed by atoms with Gasteiger partial charge in [-0.1, -0.05) is 0 Å². The summed E-state index contributed by atoms with van der Waals surface area (Å²) >= 11 is 0. The Kier molecular flexibility index (Phi) is 7.62. The number of nitrogens with two attached hydrogens (primary N) is 1. The lowest BCUT2D eigenvalue weighted by Crippen LogP contribution is -2.28. The number of hydrogen-bond acceptors (Lipinski definition) is 5. The van der Waals surface area contributed by atoms with Crippen LogP contribution in [0.25, 0.3) is 0 Å². The van der Waals surface area contributed by atoms with Crippen molar-refractivity contribution in [2.24, 2.45) is 21.1 Å². The van der Waals surface area contributed by atoms with Crippen molar-refractivity contribution in [2.75, 3.05) is 38.2 Å². The highest BCUT2D eigenvalue weighted by molar-refractivity contribution is 6.04. The summed E-state index contributed by atoms with van der Waals surface area (Å²) in [6, 6.07) is 4.98. The monoisotopic (exact) mass is 467 g/mol. The maximum absolute atomic E-state index is 12.9. The molecule has 0 spiro atoms. The van der Waals surface area contributed by atoms with Gasteiger partial charge in [0.2, 0.25) is 0 Å². The first-order chi connectivity index (χ1) is 16.0. The van der Waals surface area contributed by atoms with Crippen molar-refractivity contribution in [1.82, 2.24) is 23.9 Å². The second-order valence-corrected chi connectivity index (χ2v) is 8.81. The molecule has 0 aliphatic heterocycles.